The number of rotatable bonds is 1. The zero-order valence-electron chi connectivity index (χ0n) is 5.33. The average Bonchev–Trinajstić information content (AvgIpc) is 1.85. The minimum absolute atomic E-state index is 0.446. The van der Waals surface area contributed by atoms with Crippen LogP contribution < -0.4 is 17.1 Å². The molecule has 0 atom stereocenters. The highest BCUT2D eigenvalue weighted by atomic mass is 16.3. The van der Waals surface area contributed by atoms with Crippen LogP contribution in [0.25, 0.3) is 0 Å². The smallest absolute Gasteiger partial charge is 0.335 e. The Kier molecular flexibility index (Phi) is 1.73. The first kappa shape index (κ1) is 7.48. The van der Waals surface area contributed by atoms with Gasteiger partial charge < -0.3 is 5.11 Å². The van der Waals surface area contributed by atoms with Gasteiger partial charge in [0.25, 0.3) is 0 Å². The molecule has 0 spiro atoms. The van der Waals surface area contributed by atoms with E-state index in [0.717, 1.165) is 0 Å². The maximum absolute atomic E-state index is 10.6. The highest BCUT2D eigenvalue weighted by molar-refractivity contribution is 4.66. The highest BCUT2D eigenvalue weighted by Gasteiger charge is 1.98. The molecule has 0 aromatic carbocycles. The van der Waals surface area contributed by atoms with E-state index in [9.17, 15) is 14.4 Å². The Labute approximate surface area is 58.9 Å². The number of nitrogens with zero attached hydrogens (tertiary/aromatic N) is 1. The van der Waals surface area contributed by atoms with Crippen LogP contribution in [0.1, 0.15) is 0 Å². The van der Waals surface area contributed by atoms with Gasteiger partial charge in [0.15, 0.2) is 0 Å². The number of aromatic amines is 2. The zero-order chi connectivity index (χ0) is 8.43. The summed E-state index contributed by atoms with van der Waals surface area (Å²) < 4.78 is 0.446. The Morgan fingerprint density at radius 3 is 2.00 bits per heavy atom. The predicted octanol–water partition coefficient (Wildman–Crippen LogP) is -2.83. The molecular weight excluding hydrogens is 154 g/mol. The van der Waals surface area contributed by atoms with Gasteiger partial charge in [-0.25, -0.2) is 19.0 Å². The molecule has 1 heterocycles. The SMILES string of the molecule is O=c1[nH]c(=O)n(CO)c(=O)[nH]1. The van der Waals surface area contributed by atoms with Crippen molar-refractivity contribution in [2.24, 2.45) is 0 Å². The van der Waals surface area contributed by atoms with E-state index in [4.69, 9.17) is 5.11 Å². The van der Waals surface area contributed by atoms with E-state index in [2.05, 4.69) is 0 Å². The molecule has 1 aromatic rings. The Hall–Kier alpha value is -1.63. The fourth-order valence-electron chi connectivity index (χ4n) is 0.581. The second-order valence-corrected chi connectivity index (χ2v) is 1.76. The monoisotopic (exact) mass is 159 g/mol. The van der Waals surface area contributed by atoms with Crippen LogP contribution in [0.2, 0.25) is 0 Å². The third-order valence-corrected chi connectivity index (χ3v) is 1.07. The molecule has 0 saturated heterocycles. The van der Waals surface area contributed by atoms with Gasteiger partial charge >= 0.3 is 17.1 Å². The molecule has 0 bridgehead atoms. The first-order valence-electron chi connectivity index (χ1n) is 2.69. The van der Waals surface area contributed by atoms with E-state index in [1.165, 1.54) is 0 Å². The quantitative estimate of drug-likeness (QED) is 0.410. The summed E-state index contributed by atoms with van der Waals surface area (Å²) in [5, 5.41) is 8.41. The number of hydrogen-bond donors (Lipinski definition) is 3. The molecule has 1 aromatic heterocycles. The number of nitrogens with one attached hydrogen (secondary N) is 2. The summed E-state index contributed by atoms with van der Waals surface area (Å²) in [6.45, 7) is -0.759. The first-order valence-corrected chi connectivity index (χ1v) is 2.69. The number of aromatic nitrogens is 3. The van der Waals surface area contributed by atoms with Crippen molar-refractivity contribution in [3.05, 3.63) is 31.5 Å². The zero-order valence-corrected chi connectivity index (χ0v) is 5.33. The Morgan fingerprint density at radius 1 is 1.18 bits per heavy atom. The molecule has 0 saturated carbocycles. The normalized spacial score (nSPS) is 9.91. The molecule has 0 aliphatic heterocycles. The molecule has 0 aliphatic carbocycles. The summed E-state index contributed by atoms with van der Waals surface area (Å²) in [5.41, 5.74) is -2.74. The molecule has 0 fully saturated rings. The fourth-order valence-corrected chi connectivity index (χ4v) is 0.581. The summed E-state index contributed by atoms with van der Waals surface area (Å²) in [4.78, 5) is 35.1. The standard InChI is InChI=1S/C4H5N3O4/c8-1-7-3(10)5-2(9)6-4(7)11/h8H,1H2,(H2,5,6,9,10,11). The summed E-state index contributed by atoms with van der Waals surface area (Å²) in [5.74, 6) is 0. The van der Waals surface area contributed by atoms with Gasteiger partial charge in [-0.15, -0.1) is 0 Å². The van der Waals surface area contributed by atoms with Gasteiger partial charge in [-0.05, 0) is 0 Å². The summed E-state index contributed by atoms with van der Waals surface area (Å²) in [7, 11) is 0. The largest absolute Gasteiger partial charge is 0.376 e. The Bertz CT molecular complexity index is 376. The van der Waals surface area contributed by atoms with Crippen molar-refractivity contribution < 1.29 is 5.11 Å². The molecular formula is C4H5N3O4. The third-order valence-electron chi connectivity index (χ3n) is 1.07. The second-order valence-electron chi connectivity index (χ2n) is 1.76. The van der Waals surface area contributed by atoms with Gasteiger partial charge in [0.05, 0.1) is 0 Å². The van der Waals surface area contributed by atoms with Crippen LogP contribution in [-0.4, -0.2) is 19.6 Å². The van der Waals surface area contributed by atoms with Gasteiger partial charge in [0, 0.05) is 0 Å². The van der Waals surface area contributed by atoms with Crippen LogP contribution in [0.4, 0.5) is 0 Å². The molecule has 7 heteroatoms. The van der Waals surface area contributed by atoms with Crippen molar-refractivity contribution in [3.63, 3.8) is 0 Å². The minimum atomic E-state index is -0.929. The van der Waals surface area contributed by atoms with Gasteiger partial charge in [-0.2, -0.15) is 0 Å². The molecule has 0 radical (unpaired) electrons. The van der Waals surface area contributed by atoms with Crippen molar-refractivity contribution in [2.45, 2.75) is 6.73 Å². The van der Waals surface area contributed by atoms with E-state index >= 15 is 0 Å². The van der Waals surface area contributed by atoms with Crippen molar-refractivity contribution in [1.29, 1.82) is 0 Å². The van der Waals surface area contributed by atoms with Crippen molar-refractivity contribution >= 4 is 0 Å². The summed E-state index contributed by atoms with van der Waals surface area (Å²) in [6, 6.07) is 0. The minimum Gasteiger partial charge on any atom is -0.376 e. The van der Waals surface area contributed by atoms with Crippen LogP contribution in [0, 0.1) is 0 Å². The van der Waals surface area contributed by atoms with Crippen LogP contribution >= 0.6 is 0 Å². The van der Waals surface area contributed by atoms with Crippen molar-refractivity contribution in [1.82, 2.24) is 14.5 Å². The molecule has 11 heavy (non-hydrogen) atoms. The molecule has 60 valence electrons. The lowest BCUT2D eigenvalue weighted by Gasteiger charge is -1.94. The first-order chi connectivity index (χ1) is 5.15. The maximum Gasteiger partial charge on any atom is 0.335 e. The molecule has 3 N–H and O–H groups in total. The Morgan fingerprint density at radius 2 is 1.64 bits per heavy atom. The lowest BCUT2D eigenvalue weighted by molar-refractivity contribution is 0.197. The van der Waals surface area contributed by atoms with Gasteiger partial charge in [-0.1, -0.05) is 0 Å². The maximum atomic E-state index is 10.6. The van der Waals surface area contributed by atoms with Crippen LogP contribution in [-0.2, 0) is 6.73 Å². The van der Waals surface area contributed by atoms with E-state index in [1.54, 1.807) is 9.97 Å². The Balaban J connectivity index is 3.63. The van der Waals surface area contributed by atoms with Crippen LogP contribution in [0.15, 0.2) is 14.4 Å². The van der Waals surface area contributed by atoms with Gasteiger partial charge in [-0.3, -0.25) is 9.97 Å². The summed E-state index contributed by atoms with van der Waals surface area (Å²) >= 11 is 0. The van der Waals surface area contributed by atoms with E-state index < -0.39 is 23.8 Å². The summed E-state index contributed by atoms with van der Waals surface area (Å²) in [6.07, 6.45) is 0. The predicted molar refractivity (Wildman–Crippen MR) is 34.2 cm³/mol. The second kappa shape index (κ2) is 2.54. The number of H-pyrrole nitrogens is 2. The lowest BCUT2D eigenvalue weighted by atomic mass is 10.9. The lowest BCUT2D eigenvalue weighted by Crippen LogP contribution is -2.43. The van der Waals surface area contributed by atoms with Gasteiger partial charge in [0.2, 0.25) is 0 Å². The van der Waals surface area contributed by atoms with Gasteiger partial charge in [0.1, 0.15) is 6.73 Å². The van der Waals surface area contributed by atoms with Crippen molar-refractivity contribution in [2.75, 3.05) is 0 Å². The van der Waals surface area contributed by atoms with E-state index in [1.807, 2.05) is 0 Å². The molecule has 0 amide bonds. The fraction of sp³-hybridized carbons (Fsp3) is 0.250. The van der Waals surface area contributed by atoms with E-state index in [-0.39, 0.29) is 0 Å². The van der Waals surface area contributed by atoms with E-state index in [0.29, 0.717) is 4.57 Å². The molecule has 1 rings (SSSR count). The van der Waals surface area contributed by atoms with Crippen LogP contribution in [0.3, 0.4) is 0 Å². The highest BCUT2D eigenvalue weighted by Crippen LogP contribution is 1.55. The molecule has 0 unspecified atom stereocenters. The number of aliphatic hydroxyl groups is 1. The number of hydrogen-bond acceptors (Lipinski definition) is 4. The number of aliphatic hydroxyl groups excluding tert-OH is 1. The van der Waals surface area contributed by atoms with Crippen molar-refractivity contribution in [3.8, 4) is 0 Å². The topological polar surface area (TPSA) is 108 Å². The average molecular weight is 159 g/mol. The van der Waals surface area contributed by atoms with Crippen LogP contribution in [0.5, 0.6) is 0 Å². The third kappa shape index (κ3) is 1.27. The molecule has 7 nitrogen and oxygen atoms in total. The molecule has 0 aliphatic rings.